The van der Waals surface area contributed by atoms with Crippen LogP contribution in [0.5, 0.6) is 11.5 Å². The van der Waals surface area contributed by atoms with E-state index >= 15 is 0 Å². The van der Waals surface area contributed by atoms with Crippen LogP contribution in [0.2, 0.25) is 0 Å². The molecule has 0 amide bonds. The predicted molar refractivity (Wildman–Crippen MR) is 82.4 cm³/mol. The van der Waals surface area contributed by atoms with Crippen LogP contribution in [0.25, 0.3) is 0 Å². The summed E-state index contributed by atoms with van der Waals surface area (Å²) < 4.78 is 10.2. The van der Waals surface area contributed by atoms with E-state index in [2.05, 4.69) is 6.92 Å². The van der Waals surface area contributed by atoms with Crippen LogP contribution >= 0.6 is 0 Å². The number of hydrogen-bond acceptors (Lipinski definition) is 4. The second-order valence-corrected chi connectivity index (χ2v) is 5.18. The number of hydrogen-bond donors (Lipinski definition) is 1. The molecule has 1 rings (SSSR count). The Morgan fingerprint density at radius 3 is 2.57 bits per heavy atom. The smallest absolute Gasteiger partial charge is 0.306 e. The second kappa shape index (κ2) is 10.1. The number of carbonyl (C=O) groups is 1. The molecule has 0 aliphatic heterocycles. The van der Waals surface area contributed by atoms with Gasteiger partial charge in [-0.25, -0.2) is 0 Å². The minimum absolute atomic E-state index is 0.0830. The van der Waals surface area contributed by atoms with Crippen LogP contribution in [0.3, 0.4) is 0 Å². The molecule has 1 aromatic carbocycles. The molecular weight excluding hydrogens is 268 g/mol. The molecule has 0 spiro atoms. The average molecular weight is 294 g/mol. The van der Waals surface area contributed by atoms with Crippen LogP contribution in [-0.4, -0.2) is 18.2 Å². The minimum atomic E-state index is -0.169. The number of unbranched alkanes of at least 4 members (excludes halogenated alkanes) is 5. The Balaban J connectivity index is 2.21. The van der Waals surface area contributed by atoms with Crippen molar-refractivity contribution in [3.05, 3.63) is 23.8 Å². The van der Waals surface area contributed by atoms with E-state index in [0.717, 1.165) is 18.4 Å². The number of esters is 1. The van der Waals surface area contributed by atoms with Crippen LogP contribution in [0.4, 0.5) is 0 Å². The zero-order valence-electron chi connectivity index (χ0n) is 13.1. The zero-order valence-corrected chi connectivity index (χ0v) is 13.1. The van der Waals surface area contributed by atoms with E-state index in [1.165, 1.54) is 38.9 Å². The molecule has 0 aliphatic rings. The molecule has 0 fully saturated rings. The van der Waals surface area contributed by atoms with Gasteiger partial charge in [0.2, 0.25) is 0 Å². The maximum Gasteiger partial charge on any atom is 0.306 e. The topological polar surface area (TPSA) is 55.8 Å². The number of methoxy groups -OCH3 is 1. The highest BCUT2D eigenvalue weighted by Gasteiger charge is 2.06. The number of phenols is 1. The summed E-state index contributed by atoms with van der Waals surface area (Å²) in [4.78, 5) is 11.6. The Morgan fingerprint density at radius 1 is 1.14 bits per heavy atom. The number of rotatable bonds is 10. The van der Waals surface area contributed by atoms with Crippen molar-refractivity contribution in [3.63, 3.8) is 0 Å². The van der Waals surface area contributed by atoms with Crippen molar-refractivity contribution in [1.29, 1.82) is 0 Å². The lowest BCUT2D eigenvalue weighted by Gasteiger charge is -2.08. The van der Waals surface area contributed by atoms with Crippen molar-refractivity contribution in [3.8, 4) is 11.5 Å². The number of benzene rings is 1. The Labute approximate surface area is 127 Å². The van der Waals surface area contributed by atoms with Crippen molar-refractivity contribution >= 4 is 5.97 Å². The molecule has 0 aliphatic carbocycles. The second-order valence-electron chi connectivity index (χ2n) is 5.18. The lowest BCUT2D eigenvalue weighted by Crippen LogP contribution is -2.04. The third-order valence-corrected chi connectivity index (χ3v) is 3.38. The summed E-state index contributed by atoms with van der Waals surface area (Å²) in [5, 5.41) is 9.48. The minimum Gasteiger partial charge on any atom is -0.504 e. The van der Waals surface area contributed by atoms with Gasteiger partial charge in [-0.05, 0) is 24.1 Å². The quantitative estimate of drug-likeness (QED) is 0.519. The molecule has 0 atom stereocenters. The van der Waals surface area contributed by atoms with Gasteiger partial charge in [-0.2, -0.15) is 0 Å². The van der Waals surface area contributed by atoms with Crippen molar-refractivity contribution < 1.29 is 19.4 Å². The maximum atomic E-state index is 11.6. The number of phenolic OH excluding ortho intramolecular Hbond substituents is 1. The first kappa shape index (κ1) is 17.3. The third kappa shape index (κ3) is 7.02. The van der Waals surface area contributed by atoms with Crippen LogP contribution in [-0.2, 0) is 16.1 Å². The van der Waals surface area contributed by atoms with Crippen molar-refractivity contribution in [2.75, 3.05) is 7.11 Å². The highest BCUT2D eigenvalue weighted by atomic mass is 16.5. The van der Waals surface area contributed by atoms with Crippen molar-refractivity contribution in [2.24, 2.45) is 0 Å². The van der Waals surface area contributed by atoms with Gasteiger partial charge in [0.25, 0.3) is 0 Å². The Kier molecular flexibility index (Phi) is 8.32. The third-order valence-electron chi connectivity index (χ3n) is 3.38. The standard InChI is InChI=1S/C17H26O4/c1-3-4-5-6-7-8-9-17(19)21-13-14-10-11-15(18)16(12-14)20-2/h10-12,18H,3-9,13H2,1-2H3. The van der Waals surface area contributed by atoms with E-state index in [9.17, 15) is 9.90 Å². The summed E-state index contributed by atoms with van der Waals surface area (Å²) in [5.74, 6) is 0.302. The summed E-state index contributed by atoms with van der Waals surface area (Å²) in [6.07, 6.45) is 7.39. The van der Waals surface area contributed by atoms with Crippen LogP contribution in [0, 0.1) is 0 Å². The molecule has 21 heavy (non-hydrogen) atoms. The highest BCUT2D eigenvalue weighted by Crippen LogP contribution is 2.26. The van der Waals surface area contributed by atoms with Crippen LogP contribution in [0.1, 0.15) is 57.4 Å². The van der Waals surface area contributed by atoms with E-state index in [1.807, 2.05) is 0 Å². The van der Waals surface area contributed by atoms with Crippen molar-refractivity contribution in [2.45, 2.75) is 58.5 Å². The molecule has 0 aromatic heterocycles. The first-order chi connectivity index (χ1) is 10.2. The largest absolute Gasteiger partial charge is 0.504 e. The molecule has 0 saturated carbocycles. The number of aromatic hydroxyl groups is 1. The number of carbonyl (C=O) groups excluding carboxylic acids is 1. The van der Waals surface area contributed by atoms with Gasteiger partial charge in [0, 0.05) is 6.42 Å². The van der Waals surface area contributed by atoms with Gasteiger partial charge in [-0.1, -0.05) is 45.1 Å². The molecule has 0 heterocycles. The first-order valence-electron chi connectivity index (χ1n) is 7.69. The van der Waals surface area contributed by atoms with Crippen LogP contribution in [0.15, 0.2) is 18.2 Å². The monoisotopic (exact) mass is 294 g/mol. The van der Waals surface area contributed by atoms with Gasteiger partial charge in [-0.3, -0.25) is 4.79 Å². The van der Waals surface area contributed by atoms with E-state index in [0.29, 0.717) is 12.2 Å². The lowest BCUT2D eigenvalue weighted by atomic mass is 10.1. The summed E-state index contributed by atoms with van der Waals surface area (Å²) in [7, 11) is 1.49. The molecule has 0 unspecified atom stereocenters. The van der Waals surface area contributed by atoms with Gasteiger partial charge in [0.05, 0.1) is 7.11 Å². The highest BCUT2D eigenvalue weighted by molar-refractivity contribution is 5.69. The molecule has 118 valence electrons. The lowest BCUT2D eigenvalue weighted by molar-refractivity contribution is -0.145. The Bertz CT molecular complexity index is 429. The van der Waals surface area contributed by atoms with Crippen LogP contribution < -0.4 is 4.74 Å². The van der Waals surface area contributed by atoms with Gasteiger partial charge >= 0.3 is 5.97 Å². The fraction of sp³-hybridized carbons (Fsp3) is 0.588. The predicted octanol–water partition coefficient (Wildman–Crippen LogP) is 4.19. The van der Waals surface area contributed by atoms with Crippen molar-refractivity contribution in [1.82, 2.24) is 0 Å². The normalized spacial score (nSPS) is 10.4. The number of ether oxygens (including phenoxy) is 2. The first-order valence-corrected chi connectivity index (χ1v) is 7.69. The Hall–Kier alpha value is -1.71. The molecular formula is C17H26O4. The van der Waals surface area contributed by atoms with Gasteiger partial charge < -0.3 is 14.6 Å². The molecule has 4 nitrogen and oxygen atoms in total. The summed E-state index contributed by atoms with van der Waals surface area (Å²) >= 11 is 0. The van der Waals surface area contributed by atoms with E-state index in [1.54, 1.807) is 12.1 Å². The Morgan fingerprint density at radius 2 is 1.86 bits per heavy atom. The molecule has 0 bridgehead atoms. The molecule has 1 N–H and O–H groups in total. The van der Waals surface area contributed by atoms with E-state index < -0.39 is 0 Å². The zero-order chi connectivity index (χ0) is 15.5. The molecule has 0 saturated heterocycles. The molecule has 4 heteroatoms. The maximum absolute atomic E-state index is 11.6. The van der Waals surface area contributed by atoms with Gasteiger partial charge in [0.1, 0.15) is 6.61 Å². The van der Waals surface area contributed by atoms with E-state index in [-0.39, 0.29) is 18.3 Å². The summed E-state index contributed by atoms with van der Waals surface area (Å²) in [6, 6.07) is 4.93. The SMILES string of the molecule is CCCCCCCCC(=O)OCc1ccc(O)c(OC)c1. The summed E-state index contributed by atoms with van der Waals surface area (Å²) in [6.45, 7) is 2.40. The molecule has 1 aromatic rings. The summed E-state index contributed by atoms with van der Waals surface area (Å²) in [5.41, 5.74) is 0.806. The van der Waals surface area contributed by atoms with Gasteiger partial charge in [0.15, 0.2) is 11.5 Å². The van der Waals surface area contributed by atoms with Gasteiger partial charge in [-0.15, -0.1) is 0 Å². The fourth-order valence-electron chi connectivity index (χ4n) is 2.10. The van der Waals surface area contributed by atoms with E-state index in [4.69, 9.17) is 9.47 Å². The average Bonchev–Trinajstić information content (AvgIpc) is 2.50. The fourth-order valence-corrected chi connectivity index (χ4v) is 2.10. The molecule has 0 radical (unpaired) electrons.